The first-order valence-corrected chi connectivity index (χ1v) is 7.65. The third-order valence-corrected chi connectivity index (χ3v) is 3.95. The molecule has 0 bridgehead atoms. The maximum atomic E-state index is 6.29. The average molecular weight is 288 g/mol. The minimum atomic E-state index is 0.237. The highest BCUT2D eigenvalue weighted by Gasteiger charge is 2.15. The Kier molecular flexibility index (Phi) is 5.63. The van der Waals surface area contributed by atoms with E-state index >= 15 is 0 Å². The lowest BCUT2D eigenvalue weighted by molar-refractivity contribution is 0.439. The summed E-state index contributed by atoms with van der Waals surface area (Å²) >= 11 is 6.29. The summed E-state index contributed by atoms with van der Waals surface area (Å²) in [5.41, 5.74) is 2.50. The number of halogens is 1. The fourth-order valence-electron chi connectivity index (χ4n) is 2.54. The number of benzene rings is 2. The van der Waals surface area contributed by atoms with E-state index in [1.54, 1.807) is 0 Å². The van der Waals surface area contributed by atoms with E-state index in [4.69, 9.17) is 11.6 Å². The van der Waals surface area contributed by atoms with Crippen molar-refractivity contribution in [3.8, 4) is 0 Å². The Hall–Kier alpha value is -1.31. The van der Waals surface area contributed by atoms with Crippen LogP contribution < -0.4 is 5.32 Å². The van der Waals surface area contributed by atoms with Crippen molar-refractivity contribution in [2.75, 3.05) is 0 Å². The van der Waals surface area contributed by atoms with E-state index in [0.29, 0.717) is 6.04 Å². The molecule has 2 atom stereocenters. The second-order valence-corrected chi connectivity index (χ2v) is 5.57. The van der Waals surface area contributed by atoms with Crippen molar-refractivity contribution in [3.05, 3.63) is 70.7 Å². The molecule has 0 aliphatic heterocycles. The summed E-state index contributed by atoms with van der Waals surface area (Å²) in [6.07, 6.45) is 2.28. The Labute approximate surface area is 127 Å². The predicted octanol–water partition coefficient (Wildman–Crippen LogP) is 5.53. The third kappa shape index (κ3) is 3.84. The van der Waals surface area contributed by atoms with Gasteiger partial charge < -0.3 is 5.32 Å². The highest BCUT2D eigenvalue weighted by Crippen LogP contribution is 2.27. The van der Waals surface area contributed by atoms with E-state index in [0.717, 1.165) is 23.4 Å². The summed E-state index contributed by atoms with van der Waals surface area (Å²) < 4.78 is 0. The van der Waals surface area contributed by atoms with Crippen molar-refractivity contribution in [1.29, 1.82) is 0 Å². The minimum absolute atomic E-state index is 0.237. The van der Waals surface area contributed by atoms with Gasteiger partial charge in [-0.3, -0.25) is 0 Å². The molecule has 20 heavy (non-hydrogen) atoms. The molecule has 0 heterocycles. The average Bonchev–Trinajstić information content (AvgIpc) is 2.48. The lowest BCUT2D eigenvalue weighted by atomic mass is 9.99. The van der Waals surface area contributed by atoms with Crippen LogP contribution in [0.1, 0.15) is 49.9 Å². The molecular formula is C18H22ClN. The van der Waals surface area contributed by atoms with Crippen molar-refractivity contribution < 1.29 is 0 Å². The van der Waals surface area contributed by atoms with Gasteiger partial charge in [-0.2, -0.15) is 0 Å². The first kappa shape index (κ1) is 15.1. The van der Waals surface area contributed by atoms with Crippen molar-refractivity contribution in [3.63, 3.8) is 0 Å². The fourth-order valence-corrected chi connectivity index (χ4v) is 2.84. The number of rotatable bonds is 6. The molecule has 0 aromatic heterocycles. The van der Waals surface area contributed by atoms with Gasteiger partial charge in [0.25, 0.3) is 0 Å². The molecular weight excluding hydrogens is 266 g/mol. The molecule has 0 spiro atoms. The summed E-state index contributed by atoms with van der Waals surface area (Å²) in [5.74, 6) is 0. The highest BCUT2D eigenvalue weighted by molar-refractivity contribution is 6.31. The number of nitrogens with one attached hydrogen (secondary N) is 1. The van der Waals surface area contributed by atoms with E-state index in [1.807, 2.05) is 18.2 Å². The van der Waals surface area contributed by atoms with E-state index < -0.39 is 0 Å². The molecule has 0 fully saturated rings. The first-order valence-electron chi connectivity index (χ1n) is 7.27. The van der Waals surface area contributed by atoms with Crippen LogP contribution in [0.15, 0.2) is 54.6 Å². The standard InChI is InChI=1S/C18H22ClN/c1-3-9-18(15-10-5-4-6-11-15)20-14(2)16-12-7-8-13-17(16)19/h4-8,10-14,18,20H,3,9H2,1-2H3. The van der Waals surface area contributed by atoms with E-state index in [1.165, 1.54) is 5.56 Å². The maximum absolute atomic E-state index is 6.29. The molecule has 2 rings (SSSR count). The summed E-state index contributed by atoms with van der Waals surface area (Å²) in [7, 11) is 0. The first-order chi connectivity index (χ1) is 9.72. The fraction of sp³-hybridized carbons (Fsp3) is 0.333. The van der Waals surface area contributed by atoms with Gasteiger partial charge in [0, 0.05) is 17.1 Å². The zero-order chi connectivity index (χ0) is 14.4. The zero-order valence-electron chi connectivity index (χ0n) is 12.1. The summed E-state index contributed by atoms with van der Waals surface area (Å²) in [5, 5.41) is 4.54. The molecule has 2 unspecified atom stereocenters. The molecule has 0 saturated carbocycles. The van der Waals surface area contributed by atoms with Crippen LogP contribution >= 0.6 is 11.6 Å². The van der Waals surface area contributed by atoms with Gasteiger partial charge in [-0.05, 0) is 30.5 Å². The predicted molar refractivity (Wildman–Crippen MR) is 87.1 cm³/mol. The summed E-state index contributed by atoms with van der Waals surface area (Å²) in [6, 6.07) is 19.3. The monoisotopic (exact) mass is 287 g/mol. The van der Waals surface area contributed by atoms with Crippen LogP contribution in [-0.2, 0) is 0 Å². The second-order valence-electron chi connectivity index (χ2n) is 5.16. The topological polar surface area (TPSA) is 12.0 Å². The molecule has 106 valence electrons. The molecule has 0 radical (unpaired) electrons. The molecule has 0 aliphatic carbocycles. The summed E-state index contributed by atoms with van der Waals surface area (Å²) in [4.78, 5) is 0. The highest BCUT2D eigenvalue weighted by atomic mass is 35.5. The van der Waals surface area contributed by atoms with Crippen molar-refractivity contribution in [1.82, 2.24) is 5.32 Å². The van der Waals surface area contributed by atoms with Gasteiger partial charge >= 0.3 is 0 Å². The molecule has 0 saturated heterocycles. The van der Waals surface area contributed by atoms with Crippen LogP contribution in [0.2, 0.25) is 5.02 Å². The van der Waals surface area contributed by atoms with Crippen LogP contribution in [0, 0.1) is 0 Å². The van der Waals surface area contributed by atoms with Crippen molar-refractivity contribution in [2.24, 2.45) is 0 Å². The Balaban J connectivity index is 2.14. The molecule has 2 heteroatoms. The van der Waals surface area contributed by atoms with Gasteiger partial charge in [-0.25, -0.2) is 0 Å². The van der Waals surface area contributed by atoms with Crippen LogP contribution in [-0.4, -0.2) is 0 Å². The molecule has 0 aliphatic rings. The Morgan fingerprint density at radius 3 is 2.30 bits per heavy atom. The van der Waals surface area contributed by atoms with Crippen LogP contribution in [0.3, 0.4) is 0 Å². The van der Waals surface area contributed by atoms with Gasteiger partial charge in [0.15, 0.2) is 0 Å². The maximum Gasteiger partial charge on any atom is 0.0453 e. The number of hydrogen-bond acceptors (Lipinski definition) is 1. The van der Waals surface area contributed by atoms with Gasteiger partial charge in [-0.1, -0.05) is 73.5 Å². The van der Waals surface area contributed by atoms with Gasteiger partial charge in [0.1, 0.15) is 0 Å². The normalized spacial score (nSPS) is 13.9. The van der Waals surface area contributed by atoms with E-state index in [9.17, 15) is 0 Å². The second kappa shape index (κ2) is 7.47. The zero-order valence-corrected chi connectivity index (χ0v) is 12.9. The molecule has 1 nitrogen and oxygen atoms in total. The van der Waals surface area contributed by atoms with Crippen molar-refractivity contribution in [2.45, 2.75) is 38.8 Å². The summed E-state index contributed by atoms with van der Waals surface area (Å²) in [6.45, 7) is 4.39. The van der Waals surface area contributed by atoms with Gasteiger partial charge in [-0.15, -0.1) is 0 Å². The Morgan fingerprint density at radius 1 is 1.00 bits per heavy atom. The van der Waals surface area contributed by atoms with Gasteiger partial charge in [0.2, 0.25) is 0 Å². The van der Waals surface area contributed by atoms with Crippen LogP contribution in [0.5, 0.6) is 0 Å². The lowest BCUT2D eigenvalue weighted by Gasteiger charge is -2.24. The van der Waals surface area contributed by atoms with Crippen LogP contribution in [0.4, 0.5) is 0 Å². The minimum Gasteiger partial charge on any atom is -0.303 e. The lowest BCUT2D eigenvalue weighted by Crippen LogP contribution is -2.24. The molecule has 2 aromatic carbocycles. The molecule has 1 N–H and O–H groups in total. The van der Waals surface area contributed by atoms with E-state index in [2.05, 4.69) is 55.6 Å². The molecule has 0 amide bonds. The quantitative estimate of drug-likeness (QED) is 0.736. The van der Waals surface area contributed by atoms with E-state index in [-0.39, 0.29) is 6.04 Å². The van der Waals surface area contributed by atoms with Crippen molar-refractivity contribution >= 4 is 11.6 Å². The van der Waals surface area contributed by atoms with Crippen LogP contribution in [0.25, 0.3) is 0 Å². The number of hydrogen-bond donors (Lipinski definition) is 1. The van der Waals surface area contributed by atoms with Gasteiger partial charge in [0.05, 0.1) is 0 Å². The largest absolute Gasteiger partial charge is 0.303 e. The Morgan fingerprint density at radius 2 is 1.65 bits per heavy atom. The smallest absolute Gasteiger partial charge is 0.0453 e. The Bertz CT molecular complexity index is 524. The SMILES string of the molecule is CCCC(NC(C)c1ccccc1Cl)c1ccccc1. The molecule has 2 aromatic rings. The third-order valence-electron chi connectivity index (χ3n) is 3.60.